The van der Waals surface area contributed by atoms with E-state index in [1.165, 1.54) is 6.33 Å². The highest BCUT2D eigenvalue weighted by molar-refractivity contribution is 5.47. The lowest BCUT2D eigenvalue weighted by molar-refractivity contribution is 0.577. The predicted molar refractivity (Wildman–Crippen MR) is 67.5 cm³/mol. The molecular formula is C11H19N5. The lowest BCUT2D eigenvalue weighted by Gasteiger charge is -2.24. The Labute approximate surface area is 96.2 Å². The largest absolute Gasteiger partial charge is 0.366 e. The molecule has 5 nitrogen and oxygen atoms in total. The van der Waals surface area contributed by atoms with Gasteiger partial charge in [-0.2, -0.15) is 0 Å². The average Bonchev–Trinajstić information content (AvgIpc) is 2.26. The van der Waals surface area contributed by atoms with Gasteiger partial charge >= 0.3 is 0 Å². The van der Waals surface area contributed by atoms with Crippen LogP contribution in [0.2, 0.25) is 0 Å². The molecule has 4 N–H and O–H groups in total. The van der Waals surface area contributed by atoms with E-state index < -0.39 is 0 Å². The summed E-state index contributed by atoms with van der Waals surface area (Å²) in [6.07, 6.45) is 3.29. The highest BCUT2D eigenvalue weighted by Crippen LogP contribution is 2.13. The molecule has 0 aliphatic heterocycles. The number of aromatic nitrogens is 2. The van der Waals surface area contributed by atoms with Crippen molar-refractivity contribution in [2.75, 3.05) is 23.7 Å². The van der Waals surface area contributed by atoms with Crippen LogP contribution in [0.1, 0.15) is 13.8 Å². The van der Waals surface area contributed by atoms with E-state index in [1.54, 1.807) is 6.08 Å². The van der Waals surface area contributed by atoms with Crippen molar-refractivity contribution in [3.8, 4) is 0 Å². The van der Waals surface area contributed by atoms with E-state index in [0.717, 1.165) is 11.6 Å². The Morgan fingerprint density at radius 1 is 1.44 bits per heavy atom. The second kappa shape index (κ2) is 5.46. The molecule has 0 saturated carbocycles. The molecular weight excluding hydrogens is 202 g/mol. The maximum absolute atomic E-state index is 5.64. The van der Waals surface area contributed by atoms with Crippen molar-refractivity contribution < 1.29 is 0 Å². The molecule has 0 radical (unpaired) electrons. The van der Waals surface area contributed by atoms with Gasteiger partial charge < -0.3 is 16.4 Å². The highest BCUT2D eigenvalue weighted by Gasteiger charge is 2.15. The van der Waals surface area contributed by atoms with Gasteiger partial charge in [0.1, 0.15) is 18.0 Å². The Hall–Kier alpha value is -1.62. The van der Waals surface area contributed by atoms with Crippen molar-refractivity contribution in [1.29, 1.82) is 0 Å². The first-order valence-electron chi connectivity index (χ1n) is 5.22. The summed E-state index contributed by atoms with van der Waals surface area (Å²) in [5.74, 6) is 1.53. The van der Waals surface area contributed by atoms with Crippen molar-refractivity contribution >= 4 is 11.6 Å². The first-order valence-corrected chi connectivity index (χ1v) is 5.22. The van der Waals surface area contributed by atoms with E-state index in [9.17, 15) is 0 Å². The molecule has 0 amide bonds. The van der Waals surface area contributed by atoms with Gasteiger partial charge in [0, 0.05) is 24.7 Å². The summed E-state index contributed by atoms with van der Waals surface area (Å²) in [7, 11) is 0. The molecule has 0 bridgehead atoms. The highest BCUT2D eigenvalue weighted by atomic mass is 15.1. The topological polar surface area (TPSA) is 75.9 Å². The summed E-state index contributed by atoms with van der Waals surface area (Å²) < 4.78 is 0. The molecule has 1 aromatic heterocycles. The van der Waals surface area contributed by atoms with Gasteiger partial charge in [-0.25, -0.2) is 9.97 Å². The Bertz CT molecular complexity index is 348. The van der Waals surface area contributed by atoms with Crippen LogP contribution in [0.15, 0.2) is 25.0 Å². The van der Waals surface area contributed by atoms with Gasteiger partial charge in [0.25, 0.3) is 0 Å². The quantitative estimate of drug-likeness (QED) is 0.630. The monoisotopic (exact) mass is 221 g/mol. The third-order valence-electron chi connectivity index (χ3n) is 2.07. The van der Waals surface area contributed by atoms with E-state index >= 15 is 0 Å². The van der Waals surface area contributed by atoms with Gasteiger partial charge in [0.2, 0.25) is 0 Å². The maximum atomic E-state index is 5.64. The number of nitrogens with two attached hydrogens (primary N) is 1. The Morgan fingerprint density at radius 2 is 2.12 bits per heavy atom. The molecule has 0 saturated heterocycles. The standard InChI is InChI=1S/C11H19N5/c1-4-5-13-9-6-10(15-8-14-9)16-11(2,3)7-12/h4,6,8H,1,5,7,12H2,2-3H3,(H2,13,14,15,16). The van der Waals surface area contributed by atoms with Gasteiger partial charge in [-0.05, 0) is 13.8 Å². The molecule has 1 aromatic rings. The van der Waals surface area contributed by atoms with Crippen LogP contribution in [0.4, 0.5) is 11.6 Å². The van der Waals surface area contributed by atoms with Crippen molar-refractivity contribution in [3.63, 3.8) is 0 Å². The molecule has 0 fully saturated rings. The number of nitrogens with zero attached hydrogens (tertiary/aromatic N) is 2. The fraction of sp³-hybridized carbons (Fsp3) is 0.455. The van der Waals surface area contributed by atoms with E-state index in [-0.39, 0.29) is 5.54 Å². The zero-order valence-corrected chi connectivity index (χ0v) is 9.83. The summed E-state index contributed by atoms with van der Waals surface area (Å²) in [6, 6.07) is 1.85. The lowest BCUT2D eigenvalue weighted by Crippen LogP contribution is -2.39. The van der Waals surface area contributed by atoms with Crippen LogP contribution in [0.5, 0.6) is 0 Å². The maximum Gasteiger partial charge on any atom is 0.131 e. The Balaban J connectivity index is 2.70. The van der Waals surface area contributed by atoms with E-state index in [4.69, 9.17) is 5.73 Å². The minimum absolute atomic E-state index is 0.177. The third kappa shape index (κ3) is 3.86. The normalized spacial score (nSPS) is 10.9. The second-order valence-electron chi connectivity index (χ2n) is 4.17. The fourth-order valence-electron chi connectivity index (χ4n) is 1.10. The van der Waals surface area contributed by atoms with Crippen molar-refractivity contribution in [3.05, 3.63) is 25.0 Å². The molecule has 0 unspecified atom stereocenters. The summed E-state index contributed by atoms with van der Waals surface area (Å²) in [5.41, 5.74) is 5.46. The zero-order valence-electron chi connectivity index (χ0n) is 9.83. The predicted octanol–water partition coefficient (Wildman–Crippen LogP) is 1.22. The molecule has 16 heavy (non-hydrogen) atoms. The Kier molecular flexibility index (Phi) is 4.25. The van der Waals surface area contributed by atoms with E-state index in [0.29, 0.717) is 13.1 Å². The Morgan fingerprint density at radius 3 is 2.75 bits per heavy atom. The molecule has 88 valence electrons. The van der Waals surface area contributed by atoms with Crippen molar-refractivity contribution in [2.24, 2.45) is 5.73 Å². The van der Waals surface area contributed by atoms with Crippen molar-refractivity contribution in [1.82, 2.24) is 9.97 Å². The van der Waals surface area contributed by atoms with Crippen LogP contribution < -0.4 is 16.4 Å². The van der Waals surface area contributed by atoms with Crippen LogP contribution in [-0.4, -0.2) is 28.6 Å². The molecule has 0 aliphatic rings. The summed E-state index contributed by atoms with van der Waals surface area (Å²) in [4.78, 5) is 8.23. The average molecular weight is 221 g/mol. The number of hydrogen-bond donors (Lipinski definition) is 3. The number of rotatable bonds is 6. The summed E-state index contributed by atoms with van der Waals surface area (Å²) in [5, 5.41) is 6.34. The smallest absolute Gasteiger partial charge is 0.131 e. The van der Waals surface area contributed by atoms with Gasteiger partial charge in [-0.3, -0.25) is 0 Å². The number of anilines is 2. The molecule has 5 heteroatoms. The lowest BCUT2D eigenvalue weighted by atomic mass is 10.1. The van der Waals surface area contributed by atoms with Crippen molar-refractivity contribution in [2.45, 2.75) is 19.4 Å². The van der Waals surface area contributed by atoms with E-state index in [2.05, 4.69) is 27.2 Å². The first-order chi connectivity index (χ1) is 7.57. The van der Waals surface area contributed by atoms with Crippen LogP contribution in [0.3, 0.4) is 0 Å². The number of nitrogens with one attached hydrogen (secondary N) is 2. The first kappa shape index (κ1) is 12.4. The molecule has 1 rings (SSSR count). The van der Waals surface area contributed by atoms with Gasteiger partial charge in [-0.15, -0.1) is 6.58 Å². The van der Waals surface area contributed by atoms with Crippen LogP contribution in [0.25, 0.3) is 0 Å². The second-order valence-corrected chi connectivity index (χ2v) is 4.17. The molecule has 0 atom stereocenters. The van der Waals surface area contributed by atoms with Crippen LogP contribution in [0, 0.1) is 0 Å². The molecule has 0 aliphatic carbocycles. The molecule has 1 heterocycles. The molecule has 0 aromatic carbocycles. The van der Waals surface area contributed by atoms with Crippen LogP contribution >= 0.6 is 0 Å². The van der Waals surface area contributed by atoms with Crippen LogP contribution in [-0.2, 0) is 0 Å². The minimum Gasteiger partial charge on any atom is -0.366 e. The van der Waals surface area contributed by atoms with Gasteiger partial charge in [0.15, 0.2) is 0 Å². The van der Waals surface area contributed by atoms with E-state index in [1.807, 2.05) is 19.9 Å². The van der Waals surface area contributed by atoms with Gasteiger partial charge in [-0.1, -0.05) is 6.08 Å². The number of hydrogen-bond acceptors (Lipinski definition) is 5. The zero-order chi connectivity index (χ0) is 12.0. The summed E-state index contributed by atoms with van der Waals surface area (Å²) >= 11 is 0. The minimum atomic E-state index is -0.177. The fourth-order valence-corrected chi connectivity index (χ4v) is 1.10. The van der Waals surface area contributed by atoms with Gasteiger partial charge in [0.05, 0.1) is 0 Å². The third-order valence-corrected chi connectivity index (χ3v) is 2.07. The summed E-state index contributed by atoms with van der Waals surface area (Å²) in [6.45, 7) is 8.88. The molecule has 0 spiro atoms. The SMILES string of the molecule is C=CCNc1cc(NC(C)(C)CN)ncn1.